The Morgan fingerprint density at radius 2 is 2.05 bits per heavy atom. The van der Waals surface area contributed by atoms with E-state index in [1.54, 1.807) is 0 Å². The topological polar surface area (TPSA) is 59.2 Å². The van der Waals surface area contributed by atoms with E-state index in [-0.39, 0.29) is 5.91 Å². The number of nitrogens with zero attached hydrogens (tertiary/aromatic N) is 2. The summed E-state index contributed by atoms with van der Waals surface area (Å²) in [6.07, 6.45) is 3.37. The van der Waals surface area contributed by atoms with Crippen molar-refractivity contribution < 1.29 is 4.79 Å². The molecule has 1 aromatic heterocycles. The lowest BCUT2D eigenvalue weighted by atomic mass is 9.79. The minimum Gasteiger partial charge on any atom is -0.337 e. The maximum Gasteiger partial charge on any atom is 0.265 e. The van der Waals surface area contributed by atoms with Crippen LogP contribution in [-0.4, -0.2) is 34.9 Å². The van der Waals surface area contributed by atoms with Gasteiger partial charge >= 0.3 is 0 Å². The molecule has 1 aromatic rings. The van der Waals surface area contributed by atoms with Gasteiger partial charge in [-0.05, 0) is 44.9 Å². The molecule has 1 saturated heterocycles. The number of hydrogen-bond donors (Lipinski definition) is 1. The van der Waals surface area contributed by atoms with Gasteiger partial charge in [0.1, 0.15) is 4.88 Å². The van der Waals surface area contributed by atoms with Crippen molar-refractivity contribution in [2.24, 2.45) is 17.6 Å². The summed E-state index contributed by atoms with van der Waals surface area (Å²) < 4.78 is 0. The molecular weight excluding hydrogens is 258 g/mol. The van der Waals surface area contributed by atoms with Crippen LogP contribution in [0.1, 0.15) is 39.6 Å². The molecule has 19 heavy (non-hydrogen) atoms. The highest BCUT2D eigenvalue weighted by molar-refractivity contribution is 7.13. The molecule has 1 amide bonds. The molecule has 3 atom stereocenters. The second-order valence-corrected chi connectivity index (χ2v) is 7.15. The summed E-state index contributed by atoms with van der Waals surface area (Å²) >= 11 is 1.52. The second-order valence-electron chi connectivity index (χ2n) is 5.95. The van der Waals surface area contributed by atoms with Gasteiger partial charge in [-0.25, -0.2) is 4.98 Å². The van der Waals surface area contributed by atoms with E-state index in [9.17, 15) is 4.79 Å². The minimum atomic E-state index is 0.172. The summed E-state index contributed by atoms with van der Waals surface area (Å²) in [5, 5.41) is 0.972. The molecule has 5 heteroatoms. The zero-order chi connectivity index (χ0) is 13.6. The van der Waals surface area contributed by atoms with E-state index in [1.807, 2.05) is 18.7 Å². The number of carbonyl (C=O) groups is 1. The molecule has 3 rings (SSSR count). The highest BCUT2D eigenvalue weighted by Gasteiger charge is 2.39. The van der Waals surface area contributed by atoms with Crippen LogP contribution in [0.3, 0.4) is 0 Å². The van der Waals surface area contributed by atoms with Crippen molar-refractivity contribution in [2.45, 2.75) is 39.2 Å². The van der Waals surface area contributed by atoms with Crippen LogP contribution in [0.5, 0.6) is 0 Å². The number of amides is 1. The van der Waals surface area contributed by atoms with Gasteiger partial charge in [0.15, 0.2) is 0 Å². The molecule has 1 aliphatic heterocycles. The molecule has 2 fully saturated rings. The first-order valence-electron chi connectivity index (χ1n) is 7.03. The average Bonchev–Trinajstić information content (AvgIpc) is 2.91. The number of fused-ring (bicyclic) bond motifs is 1. The molecule has 0 aromatic carbocycles. The van der Waals surface area contributed by atoms with Crippen molar-refractivity contribution in [3.05, 3.63) is 15.6 Å². The summed E-state index contributed by atoms with van der Waals surface area (Å²) in [6.45, 7) is 5.67. The zero-order valence-electron chi connectivity index (χ0n) is 11.6. The largest absolute Gasteiger partial charge is 0.337 e. The standard InChI is InChI=1S/C14H21N3OS/c1-8-13(19-9(2)16-8)14(18)17-6-10-3-4-12(15)5-11(10)7-17/h10-12H,3-7,15H2,1-2H3/t10-,11+,12?/m1/s1. The van der Waals surface area contributed by atoms with Gasteiger partial charge in [0.2, 0.25) is 0 Å². The van der Waals surface area contributed by atoms with E-state index in [2.05, 4.69) is 4.98 Å². The van der Waals surface area contributed by atoms with Crippen LogP contribution in [0.15, 0.2) is 0 Å². The van der Waals surface area contributed by atoms with Gasteiger partial charge in [-0.2, -0.15) is 0 Å². The number of nitrogens with two attached hydrogens (primary N) is 1. The molecule has 0 spiro atoms. The monoisotopic (exact) mass is 279 g/mol. The first-order valence-corrected chi connectivity index (χ1v) is 7.85. The first kappa shape index (κ1) is 13.1. The molecule has 1 saturated carbocycles. The van der Waals surface area contributed by atoms with Gasteiger partial charge in [-0.3, -0.25) is 4.79 Å². The second kappa shape index (κ2) is 4.87. The van der Waals surface area contributed by atoms with Crippen molar-refractivity contribution in [3.8, 4) is 0 Å². The van der Waals surface area contributed by atoms with Gasteiger partial charge in [-0.15, -0.1) is 11.3 Å². The Balaban J connectivity index is 1.74. The Kier molecular flexibility index (Phi) is 3.35. The van der Waals surface area contributed by atoms with Crippen molar-refractivity contribution in [3.63, 3.8) is 0 Å². The fourth-order valence-electron chi connectivity index (χ4n) is 3.51. The fraction of sp³-hybridized carbons (Fsp3) is 0.714. The first-order chi connectivity index (χ1) is 9.04. The number of aromatic nitrogens is 1. The van der Waals surface area contributed by atoms with E-state index in [0.717, 1.165) is 41.5 Å². The van der Waals surface area contributed by atoms with Crippen LogP contribution in [0.4, 0.5) is 0 Å². The number of aryl methyl sites for hydroxylation is 2. The van der Waals surface area contributed by atoms with E-state index < -0.39 is 0 Å². The van der Waals surface area contributed by atoms with Gasteiger partial charge in [-0.1, -0.05) is 0 Å². The summed E-state index contributed by atoms with van der Waals surface area (Å²) in [6, 6.07) is 0.337. The van der Waals surface area contributed by atoms with E-state index in [0.29, 0.717) is 17.9 Å². The molecule has 2 heterocycles. The van der Waals surface area contributed by atoms with Crippen molar-refractivity contribution in [1.82, 2.24) is 9.88 Å². The highest BCUT2D eigenvalue weighted by Crippen LogP contribution is 2.36. The Morgan fingerprint density at radius 1 is 1.32 bits per heavy atom. The normalized spacial score (nSPS) is 30.5. The number of hydrogen-bond acceptors (Lipinski definition) is 4. The third kappa shape index (κ3) is 2.41. The SMILES string of the molecule is Cc1nc(C)c(C(=O)N2C[C@H]3CCC(N)C[C@H]3C2)s1. The molecule has 1 aliphatic carbocycles. The van der Waals surface area contributed by atoms with E-state index in [4.69, 9.17) is 5.73 Å². The molecule has 4 nitrogen and oxygen atoms in total. The van der Waals surface area contributed by atoms with Crippen LogP contribution in [0.25, 0.3) is 0 Å². The van der Waals surface area contributed by atoms with Crippen LogP contribution in [-0.2, 0) is 0 Å². The third-order valence-electron chi connectivity index (χ3n) is 4.48. The molecule has 2 aliphatic rings. The third-order valence-corrected chi connectivity index (χ3v) is 5.54. The molecule has 0 radical (unpaired) electrons. The number of thiazole rings is 1. The van der Waals surface area contributed by atoms with Gasteiger partial charge in [0.05, 0.1) is 10.7 Å². The summed E-state index contributed by atoms with van der Waals surface area (Å²) in [7, 11) is 0. The molecule has 104 valence electrons. The lowest BCUT2D eigenvalue weighted by molar-refractivity contribution is 0.0788. The molecule has 1 unspecified atom stereocenters. The predicted molar refractivity (Wildman–Crippen MR) is 76.3 cm³/mol. The van der Waals surface area contributed by atoms with Gasteiger partial charge in [0, 0.05) is 19.1 Å². The van der Waals surface area contributed by atoms with Gasteiger partial charge in [0.25, 0.3) is 5.91 Å². The van der Waals surface area contributed by atoms with Crippen molar-refractivity contribution in [1.29, 1.82) is 0 Å². The zero-order valence-corrected chi connectivity index (χ0v) is 12.4. The maximum absolute atomic E-state index is 12.6. The molecule has 0 bridgehead atoms. The molecular formula is C14H21N3OS. The number of carbonyl (C=O) groups excluding carboxylic acids is 1. The van der Waals surface area contributed by atoms with Crippen LogP contribution in [0, 0.1) is 25.7 Å². The summed E-state index contributed by atoms with van der Waals surface area (Å²) in [4.78, 5) is 19.8. The number of rotatable bonds is 1. The van der Waals surface area contributed by atoms with Crippen molar-refractivity contribution >= 4 is 17.2 Å². The van der Waals surface area contributed by atoms with Gasteiger partial charge < -0.3 is 10.6 Å². The quantitative estimate of drug-likeness (QED) is 0.855. The highest BCUT2D eigenvalue weighted by atomic mass is 32.1. The Labute approximate surface area is 118 Å². The summed E-state index contributed by atoms with van der Waals surface area (Å²) in [5.74, 6) is 1.45. The van der Waals surface area contributed by atoms with E-state index >= 15 is 0 Å². The Hall–Kier alpha value is -0.940. The minimum absolute atomic E-state index is 0.172. The van der Waals surface area contributed by atoms with Crippen LogP contribution in [0.2, 0.25) is 0 Å². The van der Waals surface area contributed by atoms with Crippen molar-refractivity contribution in [2.75, 3.05) is 13.1 Å². The average molecular weight is 279 g/mol. The fourth-order valence-corrected chi connectivity index (χ4v) is 4.39. The number of likely N-dealkylation sites (tertiary alicyclic amines) is 1. The lowest BCUT2D eigenvalue weighted by Gasteiger charge is -2.27. The Bertz CT molecular complexity index is 499. The maximum atomic E-state index is 12.6. The summed E-state index contributed by atoms with van der Waals surface area (Å²) in [5.41, 5.74) is 6.91. The smallest absolute Gasteiger partial charge is 0.265 e. The van der Waals surface area contributed by atoms with E-state index in [1.165, 1.54) is 17.8 Å². The molecule has 2 N–H and O–H groups in total. The lowest BCUT2D eigenvalue weighted by Crippen LogP contribution is -2.32. The van der Waals surface area contributed by atoms with Crippen LogP contribution < -0.4 is 5.73 Å². The van der Waals surface area contributed by atoms with Crippen LogP contribution >= 0.6 is 11.3 Å². The predicted octanol–water partition coefficient (Wildman–Crippen LogP) is 1.96. The Morgan fingerprint density at radius 3 is 2.74 bits per heavy atom.